The van der Waals surface area contributed by atoms with E-state index >= 15 is 0 Å². The summed E-state index contributed by atoms with van der Waals surface area (Å²) in [5.41, 5.74) is 1.27. The van der Waals surface area contributed by atoms with Crippen LogP contribution in [0.4, 0.5) is 8.78 Å². The highest BCUT2D eigenvalue weighted by atomic mass is 32.2. The molecule has 0 aliphatic heterocycles. The van der Waals surface area contributed by atoms with Crippen LogP contribution in [-0.4, -0.2) is 24.9 Å². The van der Waals surface area contributed by atoms with E-state index in [9.17, 15) is 13.6 Å². The molecule has 2 aromatic rings. The zero-order valence-electron chi connectivity index (χ0n) is 15.7. The normalized spacial score (nSPS) is 12.1. The van der Waals surface area contributed by atoms with Crippen molar-refractivity contribution in [2.24, 2.45) is 0 Å². The molecular formula is C20H23F2NO3S. The minimum atomic E-state index is -2.48. The Kier molecular flexibility index (Phi) is 7.47. The highest BCUT2D eigenvalue weighted by Crippen LogP contribution is 2.31. The summed E-state index contributed by atoms with van der Waals surface area (Å²) in [6.45, 7) is 5.72. The second-order valence-corrected chi connectivity index (χ2v) is 7.24. The predicted octanol–water partition coefficient (Wildman–Crippen LogP) is 5.29. The number of methoxy groups -OCH3 is 1. The van der Waals surface area contributed by atoms with Crippen molar-refractivity contribution >= 4 is 17.7 Å². The molecule has 27 heavy (non-hydrogen) atoms. The fraction of sp³-hybridized carbons (Fsp3) is 0.350. The number of hydrogen-bond donors (Lipinski definition) is 1. The number of nitrogens with one attached hydrogen (secondary N) is 1. The minimum Gasteiger partial charge on any atom is -0.493 e. The molecule has 0 saturated heterocycles. The molecule has 1 N–H and O–H groups in total. The Morgan fingerprint density at radius 3 is 2.26 bits per heavy atom. The molecule has 0 heterocycles. The van der Waals surface area contributed by atoms with Crippen molar-refractivity contribution in [2.45, 2.75) is 43.6 Å². The molecule has 1 amide bonds. The van der Waals surface area contributed by atoms with Crippen molar-refractivity contribution in [3.63, 3.8) is 0 Å². The number of rotatable bonds is 8. The number of amides is 1. The van der Waals surface area contributed by atoms with Gasteiger partial charge in [0.05, 0.1) is 19.3 Å². The number of benzene rings is 2. The third kappa shape index (κ3) is 6.13. The maximum atomic E-state index is 12.4. The molecule has 1 atom stereocenters. The number of alkyl halides is 2. The molecule has 146 valence electrons. The van der Waals surface area contributed by atoms with Crippen molar-refractivity contribution in [1.29, 1.82) is 0 Å². The van der Waals surface area contributed by atoms with Gasteiger partial charge in [0.1, 0.15) is 0 Å². The number of carbonyl (C=O) groups is 1. The first-order valence-electron chi connectivity index (χ1n) is 8.50. The average molecular weight is 395 g/mol. The van der Waals surface area contributed by atoms with E-state index in [-0.39, 0.29) is 18.1 Å². The zero-order valence-corrected chi connectivity index (χ0v) is 16.5. The van der Waals surface area contributed by atoms with E-state index in [1.807, 2.05) is 39.0 Å². The fourth-order valence-electron chi connectivity index (χ4n) is 2.46. The maximum Gasteiger partial charge on any atom is 0.288 e. The Bertz CT molecular complexity index is 766. The van der Waals surface area contributed by atoms with Gasteiger partial charge in [0, 0.05) is 10.5 Å². The summed E-state index contributed by atoms with van der Waals surface area (Å²) in [5, 5.41) is 2.89. The molecule has 0 saturated carbocycles. The summed E-state index contributed by atoms with van der Waals surface area (Å²) < 4.78 is 35.8. The van der Waals surface area contributed by atoms with Crippen LogP contribution in [0.25, 0.3) is 0 Å². The van der Waals surface area contributed by atoms with E-state index in [0.29, 0.717) is 33.7 Å². The molecule has 7 heteroatoms. The largest absolute Gasteiger partial charge is 0.493 e. The van der Waals surface area contributed by atoms with Gasteiger partial charge in [0.25, 0.3) is 11.7 Å². The monoisotopic (exact) mass is 395 g/mol. The van der Waals surface area contributed by atoms with E-state index < -0.39 is 5.76 Å². The van der Waals surface area contributed by atoms with Gasteiger partial charge >= 0.3 is 0 Å². The Hall–Kier alpha value is -2.28. The van der Waals surface area contributed by atoms with E-state index in [1.165, 1.54) is 24.3 Å². The van der Waals surface area contributed by atoms with Crippen LogP contribution in [0.5, 0.6) is 11.5 Å². The second-order valence-electron chi connectivity index (χ2n) is 6.17. The number of ether oxygens (including phenoxy) is 2. The fourth-order valence-corrected chi connectivity index (χ4v) is 2.95. The number of halogens is 2. The molecule has 2 aromatic carbocycles. The quantitative estimate of drug-likeness (QED) is 0.617. The Morgan fingerprint density at radius 2 is 1.70 bits per heavy atom. The van der Waals surface area contributed by atoms with Gasteiger partial charge in [-0.2, -0.15) is 8.78 Å². The predicted molar refractivity (Wildman–Crippen MR) is 103 cm³/mol. The van der Waals surface area contributed by atoms with Gasteiger partial charge in [0.2, 0.25) is 0 Å². The molecule has 0 aliphatic carbocycles. The highest BCUT2D eigenvalue weighted by molar-refractivity contribution is 7.99. The van der Waals surface area contributed by atoms with Crippen LogP contribution in [0.15, 0.2) is 47.4 Å². The number of carbonyl (C=O) groups excluding carboxylic acids is 1. The average Bonchev–Trinajstić information content (AvgIpc) is 2.61. The molecule has 0 bridgehead atoms. The van der Waals surface area contributed by atoms with Crippen LogP contribution in [0.1, 0.15) is 42.7 Å². The van der Waals surface area contributed by atoms with Crippen LogP contribution in [0.2, 0.25) is 0 Å². The van der Waals surface area contributed by atoms with E-state index in [0.717, 1.165) is 5.56 Å². The van der Waals surface area contributed by atoms with Gasteiger partial charge in [-0.1, -0.05) is 17.8 Å². The Morgan fingerprint density at radius 1 is 1.04 bits per heavy atom. The molecule has 0 fully saturated rings. The van der Waals surface area contributed by atoms with Gasteiger partial charge in [-0.25, -0.2) is 0 Å². The van der Waals surface area contributed by atoms with Crippen molar-refractivity contribution in [3.8, 4) is 11.5 Å². The third-order valence-corrected chi connectivity index (χ3v) is 4.46. The van der Waals surface area contributed by atoms with Crippen LogP contribution in [-0.2, 0) is 0 Å². The summed E-state index contributed by atoms with van der Waals surface area (Å²) in [6.07, 6.45) is 0.0214. The summed E-state index contributed by atoms with van der Waals surface area (Å²) in [5.74, 6) is -1.53. The van der Waals surface area contributed by atoms with Gasteiger partial charge in [-0.05, 0) is 62.7 Å². The molecule has 0 aliphatic rings. The van der Waals surface area contributed by atoms with Crippen LogP contribution < -0.4 is 14.8 Å². The van der Waals surface area contributed by atoms with Gasteiger partial charge in [-0.15, -0.1) is 0 Å². The lowest BCUT2D eigenvalue weighted by Gasteiger charge is -2.18. The molecule has 0 spiro atoms. The number of thioether (sulfide) groups is 1. The summed E-state index contributed by atoms with van der Waals surface area (Å²) >= 11 is 0.448. The molecule has 1 unspecified atom stereocenters. The van der Waals surface area contributed by atoms with Crippen molar-refractivity contribution in [2.75, 3.05) is 7.11 Å². The van der Waals surface area contributed by atoms with Gasteiger partial charge in [0.15, 0.2) is 11.5 Å². The molecule has 0 aromatic heterocycles. The molecule has 2 rings (SSSR count). The first kappa shape index (κ1) is 21.0. The minimum absolute atomic E-state index is 0.0214. The first-order valence-corrected chi connectivity index (χ1v) is 9.38. The van der Waals surface area contributed by atoms with Crippen molar-refractivity contribution in [1.82, 2.24) is 5.32 Å². The Labute approximate surface area is 162 Å². The van der Waals surface area contributed by atoms with Crippen molar-refractivity contribution in [3.05, 3.63) is 53.6 Å². The van der Waals surface area contributed by atoms with Crippen LogP contribution in [0, 0.1) is 0 Å². The van der Waals surface area contributed by atoms with Gasteiger partial charge < -0.3 is 14.8 Å². The van der Waals surface area contributed by atoms with E-state index in [4.69, 9.17) is 9.47 Å². The Balaban J connectivity index is 2.07. The molecule has 0 radical (unpaired) electrons. The third-order valence-electron chi connectivity index (χ3n) is 3.74. The first-order chi connectivity index (χ1) is 12.8. The topological polar surface area (TPSA) is 47.6 Å². The highest BCUT2D eigenvalue weighted by Gasteiger charge is 2.15. The lowest BCUT2D eigenvalue weighted by Crippen LogP contribution is -2.26. The molecular weight excluding hydrogens is 372 g/mol. The summed E-state index contributed by atoms with van der Waals surface area (Å²) in [7, 11) is 1.56. The summed E-state index contributed by atoms with van der Waals surface area (Å²) in [6, 6.07) is 11.3. The smallest absolute Gasteiger partial charge is 0.288 e. The van der Waals surface area contributed by atoms with E-state index in [1.54, 1.807) is 7.11 Å². The van der Waals surface area contributed by atoms with Crippen LogP contribution >= 0.6 is 11.8 Å². The standard InChI is InChI=1S/C20H23F2NO3S/c1-12(2)26-17-10-7-15(11-18(17)25-4)13(3)23-19(24)14-5-8-16(9-6-14)27-20(21)22/h5-13,20H,1-4H3,(H,23,24). The van der Waals surface area contributed by atoms with Crippen molar-refractivity contribution < 1.29 is 23.0 Å². The number of hydrogen-bond acceptors (Lipinski definition) is 4. The lowest BCUT2D eigenvalue weighted by atomic mass is 10.1. The second kappa shape index (κ2) is 9.60. The van der Waals surface area contributed by atoms with Crippen LogP contribution in [0.3, 0.4) is 0 Å². The maximum absolute atomic E-state index is 12.4. The molecule has 4 nitrogen and oxygen atoms in total. The summed E-state index contributed by atoms with van der Waals surface area (Å²) in [4.78, 5) is 12.8. The van der Waals surface area contributed by atoms with Gasteiger partial charge in [-0.3, -0.25) is 4.79 Å². The zero-order chi connectivity index (χ0) is 20.0. The SMILES string of the molecule is COc1cc(C(C)NC(=O)c2ccc(SC(F)F)cc2)ccc1OC(C)C. The lowest BCUT2D eigenvalue weighted by molar-refractivity contribution is 0.0939. The van der Waals surface area contributed by atoms with E-state index in [2.05, 4.69) is 5.32 Å².